The fourth-order valence-corrected chi connectivity index (χ4v) is 3.85. The Hall–Kier alpha value is -2.63. The Morgan fingerprint density at radius 1 is 0.741 bits per heavy atom. The molecule has 2 aliphatic heterocycles. The Balaban J connectivity index is 1.36. The normalized spacial score (nSPS) is 18.3. The van der Waals surface area contributed by atoms with E-state index in [-0.39, 0.29) is 5.91 Å². The van der Waals surface area contributed by atoms with Crippen LogP contribution in [0.15, 0.2) is 42.7 Å². The van der Waals surface area contributed by atoms with Gasteiger partial charge in [0, 0.05) is 57.3 Å². The maximum atomic E-state index is 12.8. The lowest BCUT2D eigenvalue weighted by molar-refractivity contribution is 0.0746. The minimum Gasteiger partial charge on any atom is -0.368 e. The molecule has 3 heterocycles. The van der Waals surface area contributed by atoms with Gasteiger partial charge in [-0.3, -0.25) is 4.79 Å². The van der Waals surface area contributed by atoms with E-state index in [0.29, 0.717) is 5.56 Å². The van der Waals surface area contributed by atoms with Gasteiger partial charge in [-0.2, -0.15) is 0 Å². The summed E-state index contributed by atoms with van der Waals surface area (Å²) < 4.78 is 0. The van der Waals surface area contributed by atoms with Crippen LogP contribution in [0, 0.1) is 0 Å². The highest BCUT2D eigenvalue weighted by molar-refractivity contribution is 5.93. The zero-order valence-electron chi connectivity index (χ0n) is 15.8. The molecule has 4 rings (SSSR count). The van der Waals surface area contributed by atoms with Crippen LogP contribution >= 0.6 is 0 Å². The predicted octanol–water partition coefficient (Wildman–Crippen LogP) is 2.82. The third-order valence-corrected chi connectivity index (χ3v) is 5.46. The van der Waals surface area contributed by atoms with E-state index in [0.717, 1.165) is 45.2 Å². The van der Waals surface area contributed by atoms with Crippen LogP contribution in [-0.4, -0.2) is 60.0 Å². The van der Waals surface area contributed by atoms with Crippen molar-refractivity contribution in [2.24, 2.45) is 0 Å². The number of carbonyl (C=O) groups excluding carboxylic acids is 1. The van der Waals surface area contributed by atoms with Crippen LogP contribution in [-0.2, 0) is 0 Å². The van der Waals surface area contributed by atoms with Gasteiger partial charge in [0.1, 0.15) is 0 Å². The van der Waals surface area contributed by atoms with Gasteiger partial charge >= 0.3 is 0 Å². The average molecular weight is 365 g/mol. The second-order valence-electron chi connectivity index (χ2n) is 7.29. The van der Waals surface area contributed by atoms with Gasteiger partial charge in [0.25, 0.3) is 5.91 Å². The maximum Gasteiger partial charge on any atom is 0.257 e. The summed E-state index contributed by atoms with van der Waals surface area (Å²) in [5.74, 6) is 0.785. The van der Waals surface area contributed by atoms with Gasteiger partial charge in [0.15, 0.2) is 0 Å². The number of para-hydroxylation sites is 1. The summed E-state index contributed by atoms with van der Waals surface area (Å²) >= 11 is 0. The summed E-state index contributed by atoms with van der Waals surface area (Å²) in [7, 11) is 0. The molecule has 0 atom stereocenters. The van der Waals surface area contributed by atoms with Crippen molar-refractivity contribution in [1.29, 1.82) is 0 Å². The van der Waals surface area contributed by atoms with E-state index in [1.165, 1.54) is 31.4 Å². The van der Waals surface area contributed by atoms with Gasteiger partial charge in [0.2, 0.25) is 5.95 Å². The lowest BCUT2D eigenvalue weighted by Crippen LogP contribution is -2.48. The Kier molecular flexibility index (Phi) is 5.51. The molecule has 6 nitrogen and oxygen atoms in total. The van der Waals surface area contributed by atoms with Crippen molar-refractivity contribution in [2.45, 2.75) is 25.7 Å². The van der Waals surface area contributed by atoms with Crippen molar-refractivity contribution in [3.63, 3.8) is 0 Å². The molecular weight excluding hydrogens is 338 g/mol. The second kappa shape index (κ2) is 8.37. The fraction of sp³-hybridized carbons (Fsp3) is 0.476. The number of anilines is 2. The van der Waals surface area contributed by atoms with Crippen molar-refractivity contribution < 1.29 is 4.79 Å². The first-order valence-electron chi connectivity index (χ1n) is 9.97. The van der Waals surface area contributed by atoms with Crippen LogP contribution in [0.3, 0.4) is 0 Å². The maximum absolute atomic E-state index is 12.8. The predicted molar refractivity (Wildman–Crippen MR) is 107 cm³/mol. The van der Waals surface area contributed by atoms with E-state index in [1.807, 2.05) is 11.0 Å². The van der Waals surface area contributed by atoms with Gasteiger partial charge in [-0.05, 0) is 25.0 Å². The van der Waals surface area contributed by atoms with Crippen LogP contribution in [0.4, 0.5) is 11.6 Å². The largest absolute Gasteiger partial charge is 0.368 e. The number of amides is 1. The van der Waals surface area contributed by atoms with E-state index in [9.17, 15) is 4.79 Å². The minimum absolute atomic E-state index is 0.0325. The molecule has 2 aromatic rings. The standard InChI is InChI=1S/C21H27N5O/c27-20(25-14-12-24(13-15-25)19-8-4-3-5-9-19)18-16-22-21(23-17-18)26-10-6-1-2-7-11-26/h3-5,8-9,16-17H,1-2,6-7,10-15H2. The van der Waals surface area contributed by atoms with Crippen molar-refractivity contribution in [2.75, 3.05) is 49.1 Å². The molecule has 0 spiro atoms. The molecular formula is C21H27N5O. The molecule has 0 unspecified atom stereocenters. The molecule has 142 valence electrons. The summed E-state index contributed by atoms with van der Waals surface area (Å²) in [6.07, 6.45) is 8.33. The molecule has 2 aliphatic rings. The van der Waals surface area contributed by atoms with Gasteiger partial charge in [0.05, 0.1) is 5.56 Å². The number of hydrogen-bond acceptors (Lipinski definition) is 5. The van der Waals surface area contributed by atoms with Crippen molar-refractivity contribution in [1.82, 2.24) is 14.9 Å². The average Bonchev–Trinajstić information content (AvgIpc) is 3.04. The molecule has 0 aliphatic carbocycles. The Morgan fingerprint density at radius 3 is 2.00 bits per heavy atom. The van der Waals surface area contributed by atoms with E-state index in [2.05, 4.69) is 44.0 Å². The van der Waals surface area contributed by atoms with Crippen molar-refractivity contribution in [3.8, 4) is 0 Å². The smallest absolute Gasteiger partial charge is 0.257 e. The summed E-state index contributed by atoms with van der Waals surface area (Å²) in [4.78, 5) is 28.2. The molecule has 2 saturated heterocycles. The highest BCUT2D eigenvalue weighted by Crippen LogP contribution is 2.18. The monoisotopic (exact) mass is 365 g/mol. The van der Waals surface area contributed by atoms with Crippen molar-refractivity contribution >= 4 is 17.5 Å². The van der Waals surface area contributed by atoms with Gasteiger partial charge in [-0.1, -0.05) is 31.0 Å². The lowest BCUT2D eigenvalue weighted by atomic mass is 10.2. The highest BCUT2D eigenvalue weighted by atomic mass is 16.2. The number of aromatic nitrogens is 2. The van der Waals surface area contributed by atoms with Crippen LogP contribution in [0.5, 0.6) is 0 Å². The second-order valence-corrected chi connectivity index (χ2v) is 7.29. The molecule has 1 amide bonds. The zero-order valence-corrected chi connectivity index (χ0v) is 15.8. The summed E-state index contributed by atoms with van der Waals surface area (Å²) in [5, 5.41) is 0. The first-order valence-corrected chi connectivity index (χ1v) is 9.97. The van der Waals surface area contributed by atoms with Gasteiger partial charge in [-0.25, -0.2) is 9.97 Å². The number of carbonyl (C=O) groups is 1. The number of hydrogen-bond donors (Lipinski definition) is 0. The molecule has 0 radical (unpaired) electrons. The third-order valence-electron chi connectivity index (χ3n) is 5.46. The number of piperazine rings is 1. The van der Waals surface area contributed by atoms with E-state index >= 15 is 0 Å². The van der Waals surface area contributed by atoms with E-state index in [1.54, 1.807) is 12.4 Å². The van der Waals surface area contributed by atoms with Gasteiger partial charge in [-0.15, -0.1) is 0 Å². The first-order chi connectivity index (χ1) is 13.3. The van der Waals surface area contributed by atoms with Gasteiger partial charge < -0.3 is 14.7 Å². The summed E-state index contributed by atoms with van der Waals surface area (Å²) in [6.45, 7) is 5.16. The number of rotatable bonds is 3. The van der Waals surface area contributed by atoms with E-state index < -0.39 is 0 Å². The van der Waals surface area contributed by atoms with Crippen LogP contribution in [0.1, 0.15) is 36.0 Å². The molecule has 2 fully saturated rings. The minimum atomic E-state index is 0.0325. The number of nitrogens with zero attached hydrogens (tertiary/aromatic N) is 5. The molecule has 0 saturated carbocycles. The summed E-state index contributed by atoms with van der Waals surface area (Å²) in [5.41, 5.74) is 1.80. The molecule has 6 heteroatoms. The Labute approximate surface area is 160 Å². The molecule has 0 N–H and O–H groups in total. The summed E-state index contributed by atoms with van der Waals surface area (Å²) in [6, 6.07) is 10.4. The van der Waals surface area contributed by atoms with Crippen LogP contribution < -0.4 is 9.80 Å². The van der Waals surface area contributed by atoms with Crippen LogP contribution in [0.25, 0.3) is 0 Å². The van der Waals surface area contributed by atoms with Crippen LogP contribution in [0.2, 0.25) is 0 Å². The molecule has 27 heavy (non-hydrogen) atoms. The zero-order chi connectivity index (χ0) is 18.5. The quantitative estimate of drug-likeness (QED) is 0.837. The fourth-order valence-electron chi connectivity index (χ4n) is 3.85. The number of benzene rings is 1. The third kappa shape index (κ3) is 4.21. The van der Waals surface area contributed by atoms with Crippen molar-refractivity contribution in [3.05, 3.63) is 48.3 Å². The lowest BCUT2D eigenvalue weighted by Gasteiger charge is -2.36. The SMILES string of the molecule is O=C(c1cnc(N2CCCCCC2)nc1)N1CCN(c2ccccc2)CC1. The Morgan fingerprint density at radius 2 is 1.37 bits per heavy atom. The molecule has 0 bridgehead atoms. The topological polar surface area (TPSA) is 52.6 Å². The first kappa shape index (κ1) is 17.8. The molecule has 1 aromatic carbocycles. The molecule has 1 aromatic heterocycles. The highest BCUT2D eigenvalue weighted by Gasteiger charge is 2.23. The Bertz CT molecular complexity index is 733. The van der Waals surface area contributed by atoms with E-state index in [4.69, 9.17) is 0 Å².